The summed E-state index contributed by atoms with van der Waals surface area (Å²) in [4.78, 5) is 0. The molecule has 0 saturated carbocycles. The minimum atomic E-state index is -2.85. The Morgan fingerprint density at radius 1 is 1.26 bits per heavy atom. The van der Waals surface area contributed by atoms with Crippen LogP contribution in [-0.2, 0) is 9.84 Å². The number of sulfone groups is 1. The number of benzene rings is 1. The highest BCUT2D eigenvalue weighted by Gasteiger charge is 2.35. The molecule has 100 valence electrons. The summed E-state index contributed by atoms with van der Waals surface area (Å²) < 4.78 is 27.6. The summed E-state index contributed by atoms with van der Waals surface area (Å²) in [5.41, 5.74) is 7.50. The molecule has 0 aliphatic carbocycles. The first-order valence-electron chi connectivity index (χ1n) is 5.80. The molecular weight excluding hydrogens is 266 g/mol. The van der Waals surface area contributed by atoms with Crippen molar-refractivity contribution in [2.45, 2.75) is 6.10 Å². The summed E-state index contributed by atoms with van der Waals surface area (Å²) in [6.45, 7) is 0. The van der Waals surface area contributed by atoms with Crippen molar-refractivity contribution in [2.24, 2.45) is 0 Å². The summed E-state index contributed by atoms with van der Waals surface area (Å²) in [7, 11) is -2.85. The van der Waals surface area contributed by atoms with E-state index in [1.165, 1.54) is 0 Å². The number of aromatic amines is 1. The fourth-order valence-corrected chi connectivity index (χ4v) is 3.19. The normalized spacial score (nSPS) is 17.9. The first-order chi connectivity index (χ1) is 9.03. The number of anilines is 1. The Labute approximate surface area is 110 Å². The van der Waals surface area contributed by atoms with Crippen molar-refractivity contribution in [1.82, 2.24) is 10.2 Å². The molecule has 1 aliphatic rings. The molecule has 3 rings (SSSR count). The van der Waals surface area contributed by atoms with Gasteiger partial charge in [0.05, 0.1) is 17.7 Å². The summed E-state index contributed by atoms with van der Waals surface area (Å²) in [5, 5.41) is 6.53. The molecule has 7 heteroatoms. The van der Waals surface area contributed by atoms with Crippen molar-refractivity contribution >= 4 is 15.7 Å². The van der Waals surface area contributed by atoms with E-state index < -0.39 is 9.84 Å². The van der Waals surface area contributed by atoms with Crippen LogP contribution in [0.5, 0.6) is 5.75 Å². The summed E-state index contributed by atoms with van der Waals surface area (Å²) in [6, 6.07) is 7.33. The number of H-pyrrole nitrogens is 1. The molecule has 2 aromatic rings. The van der Waals surface area contributed by atoms with Crippen LogP contribution in [0.1, 0.15) is 0 Å². The van der Waals surface area contributed by atoms with Crippen LogP contribution in [0.3, 0.4) is 0 Å². The number of aromatic nitrogens is 2. The first-order valence-corrected chi connectivity index (χ1v) is 7.62. The highest BCUT2D eigenvalue weighted by atomic mass is 32.2. The molecule has 6 nitrogen and oxygen atoms in total. The van der Waals surface area contributed by atoms with E-state index >= 15 is 0 Å². The molecule has 19 heavy (non-hydrogen) atoms. The van der Waals surface area contributed by atoms with Crippen LogP contribution in [0.25, 0.3) is 11.1 Å². The van der Waals surface area contributed by atoms with Gasteiger partial charge in [-0.05, 0) is 17.7 Å². The van der Waals surface area contributed by atoms with Gasteiger partial charge in [-0.25, -0.2) is 8.42 Å². The fourth-order valence-electron chi connectivity index (χ4n) is 2.02. The molecular formula is C12H13N3O3S. The maximum atomic E-state index is 11.0. The molecule has 0 amide bonds. The number of nitrogen functional groups attached to an aromatic ring is 1. The van der Waals surface area contributed by atoms with E-state index in [4.69, 9.17) is 10.5 Å². The molecule has 0 radical (unpaired) electrons. The van der Waals surface area contributed by atoms with E-state index in [0.29, 0.717) is 11.6 Å². The molecule has 1 aromatic heterocycles. The van der Waals surface area contributed by atoms with Gasteiger partial charge in [-0.1, -0.05) is 12.1 Å². The van der Waals surface area contributed by atoms with Crippen molar-refractivity contribution in [2.75, 3.05) is 17.2 Å². The third-order valence-electron chi connectivity index (χ3n) is 3.02. The average Bonchev–Trinajstić information content (AvgIpc) is 2.74. The molecule has 0 spiro atoms. The molecule has 2 heterocycles. The van der Waals surface area contributed by atoms with Gasteiger partial charge in [-0.15, -0.1) is 0 Å². The molecule has 0 bridgehead atoms. The second-order valence-corrected chi connectivity index (χ2v) is 6.69. The topological polar surface area (TPSA) is 98.1 Å². The maximum Gasteiger partial charge on any atom is 0.157 e. The van der Waals surface area contributed by atoms with Gasteiger partial charge in [-0.2, -0.15) is 5.10 Å². The molecule has 0 atom stereocenters. The van der Waals surface area contributed by atoms with Gasteiger partial charge in [-0.3, -0.25) is 5.10 Å². The number of ether oxygens (including phenoxy) is 1. The van der Waals surface area contributed by atoms with Gasteiger partial charge in [0.1, 0.15) is 17.7 Å². The zero-order chi connectivity index (χ0) is 13.5. The molecule has 0 unspecified atom stereocenters. The van der Waals surface area contributed by atoms with Crippen molar-refractivity contribution < 1.29 is 13.2 Å². The number of hydrogen-bond donors (Lipinski definition) is 2. The predicted molar refractivity (Wildman–Crippen MR) is 71.5 cm³/mol. The lowest BCUT2D eigenvalue weighted by Gasteiger charge is -2.26. The van der Waals surface area contributed by atoms with Crippen LogP contribution in [0.4, 0.5) is 5.82 Å². The Morgan fingerprint density at radius 2 is 1.95 bits per heavy atom. The highest BCUT2D eigenvalue weighted by Crippen LogP contribution is 2.27. The van der Waals surface area contributed by atoms with Crippen molar-refractivity contribution in [3.63, 3.8) is 0 Å². The van der Waals surface area contributed by atoms with Gasteiger partial charge in [0.2, 0.25) is 0 Å². The molecule has 3 N–H and O–H groups in total. The number of rotatable bonds is 3. The molecule has 1 saturated heterocycles. The first kappa shape index (κ1) is 12.0. The second-order valence-electron chi connectivity index (χ2n) is 4.54. The van der Waals surface area contributed by atoms with Crippen molar-refractivity contribution in [1.29, 1.82) is 0 Å². The molecule has 1 aromatic carbocycles. The van der Waals surface area contributed by atoms with E-state index in [1.807, 2.05) is 12.1 Å². The molecule has 1 fully saturated rings. The second kappa shape index (κ2) is 4.27. The van der Waals surface area contributed by atoms with Crippen molar-refractivity contribution in [3.05, 3.63) is 30.5 Å². The lowest BCUT2D eigenvalue weighted by atomic mass is 10.1. The Hall–Kier alpha value is -2.02. The van der Waals surface area contributed by atoms with Gasteiger partial charge >= 0.3 is 0 Å². The van der Waals surface area contributed by atoms with Crippen molar-refractivity contribution in [3.8, 4) is 16.9 Å². The highest BCUT2D eigenvalue weighted by molar-refractivity contribution is 7.92. The van der Waals surface area contributed by atoms with Gasteiger partial charge in [0, 0.05) is 5.56 Å². The maximum absolute atomic E-state index is 11.0. The molecule has 1 aliphatic heterocycles. The summed E-state index contributed by atoms with van der Waals surface area (Å²) in [6.07, 6.45) is 1.43. The standard InChI is InChI=1S/C12H13N3O3S/c13-12-11(5-14-15-12)8-1-3-9(4-2-8)18-10-6-19(16,17)7-10/h1-5,10H,6-7H2,(H3,13,14,15). The number of nitrogens with one attached hydrogen (secondary N) is 1. The third kappa shape index (κ3) is 2.41. The third-order valence-corrected chi connectivity index (χ3v) is 4.78. The number of nitrogens with two attached hydrogens (primary N) is 1. The monoisotopic (exact) mass is 279 g/mol. The van der Waals surface area contributed by atoms with E-state index in [2.05, 4.69) is 10.2 Å². The SMILES string of the molecule is Nc1[nH]ncc1-c1ccc(OC2CS(=O)(=O)C2)cc1. The number of hydrogen-bond acceptors (Lipinski definition) is 5. The largest absolute Gasteiger partial charge is 0.488 e. The van der Waals surface area contributed by atoms with Crippen LogP contribution in [-0.4, -0.2) is 36.2 Å². The fraction of sp³-hybridized carbons (Fsp3) is 0.250. The van der Waals surface area contributed by atoms with E-state index in [0.717, 1.165) is 11.1 Å². The van der Waals surface area contributed by atoms with Crippen LogP contribution in [0.2, 0.25) is 0 Å². The quantitative estimate of drug-likeness (QED) is 0.867. The summed E-state index contributed by atoms with van der Waals surface area (Å²) in [5.74, 6) is 1.37. The van der Waals surface area contributed by atoms with E-state index in [9.17, 15) is 8.42 Å². The Kier molecular flexibility index (Phi) is 2.70. The van der Waals surface area contributed by atoms with E-state index in [1.54, 1.807) is 18.3 Å². The zero-order valence-electron chi connectivity index (χ0n) is 10.0. The minimum Gasteiger partial charge on any atom is -0.488 e. The van der Waals surface area contributed by atoms with Crippen LogP contribution in [0, 0.1) is 0 Å². The van der Waals surface area contributed by atoms with Gasteiger partial charge in [0.15, 0.2) is 9.84 Å². The van der Waals surface area contributed by atoms with E-state index in [-0.39, 0.29) is 17.6 Å². The van der Waals surface area contributed by atoms with Crippen LogP contribution >= 0.6 is 0 Å². The Balaban J connectivity index is 1.71. The van der Waals surface area contributed by atoms with Crippen LogP contribution in [0.15, 0.2) is 30.5 Å². The minimum absolute atomic E-state index is 0.101. The van der Waals surface area contributed by atoms with Gasteiger partial charge < -0.3 is 10.5 Å². The lowest BCUT2D eigenvalue weighted by Crippen LogP contribution is -2.45. The Morgan fingerprint density at radius 3 is 2.47 bits per heavy atom. The average molecular weight is 279 g/mol. The smallest absolute Gasteiger partial charge is 0.157 e. The lowest BCUT2D eigenvalue weighted by molar-refractivity contribution is 0.230. The zero-order valence-corrected chi connectivity index (χ0v) is 10.9. The number of nitrogens with zero attached hydrogens (tertiary/aromatic N) is 1. The summed E-state index contributed by atoms with van der Waals surface area (Å²) >= 11 is 0. The van der Waals surface area contributed by atoms with Crippen LogP contribution < -0.4 is 10.5 Å². The van der Waals surface area contributed by atoms with Gasteiger partial charge in [0.25, 0.3) is 0 Å². The Bertz CT molecular complexity index is 679. The predicted octanol–water partition coefficient (Wildman–Crippen LogP) is 0.835.